The van der Waals surface area contributed by atoms with Crippen LogP contribution in [0, 0.1) is 5.41 Å². The van der Waals surface area contributed by atoms with Gasteiger partial charge in [-0.3, -0.25) is 14.4 Å². The van der Waals surface area contributed by atoms with Crippen molar-refractivity contribution in [1.82, 2.24) is 14.9 Å². The fourth-order valence-electron chi connectivity index (χ4n) is 4.70. The molecule has 1 aliphatic rings. The number of nitrogens with zero attached hydrogens (tertiary/aromatic N) is 3. The molecule has 1 aliphatic carbocycles. The summed E-state index contributed by atoms with van der Waals surface area (Å²) in [6, 6.07) is 4.13. The van der Waals surface area contributed by atoms with E-state index in [0.717, 1.165) is 18.9 Å². The van der Waals surface area contributed by atoms with E-state index in [1.54, 1.807) is 0 Å². The molecule has 1 amide bonds. The van der Waals surface area contributed by atoms with Gasteiger partial charge in [-0.15, -0.1) is 0 Å². The molecule has 2 heterocycles. The van der Waals surface area contributed by atoms with E-state index in [1.165, 1.54) is 43.4 Å². The lowest BCUT2D eigenvalue weighted by molar-refractivity contribution is -0.141. The Balaban J connectivity index is 1.72. The van der Waals surface area contributed by atoms with Crippen molar-refractivity contribution >= 4 is 23.0 Å². The number of carbonyl (C=O) groups excluding carboxylic acids is 1. The Morgan fingerprint density at radius 3 is 2.38 bits per heavy atom. The molecule has 1 fully saturated rings. The first kappa shape index (κ1) is 26.1. The van der Waals surface area contributed by atoms with Crippen LogP contribution >= 0.6 is 0 Å². The number of hydrogen-bond acceptors (Lipinski definition) is 8. The van der Waals surface area contributed by atoms with Crippen LogP contribution in [0.5, 0.6) is 5.75 Å². The highest BCUT2D eigenvalue weighted by molar-refractivity contribution is 5.97. The predicted octanol–water partition coefficient (Wildman–Crippen LogP) is 3.98. The zero-order valence-electron chi connectivity index (χ0n) is 20.4. The van der Waals surface area contributed by atoms with Gasteiger partial charge >= 0.3 is 6.18 Å². The SMILES string of the molecule is CN(C)C(=O)c1nccc(Nc2c(N[C@@H](c3cccc(C(F)(F)F)n3)C3(C)CCCC3)c(=O)c2=O)c1O. The van der Waals surface area contributed by atoms with Crippen molar-refractivity contribution in [1.29, 1.82) is 0 Å². The standard InChI is InChI=1S/C25H26F3N5O4/c1-24(10-4-5-11-24)22(14-7-6-8-15(30-14)25(26,27)28)32-17-16(20(35)21(17)36)31-13-9-12-29-18(19(13)34)23(37)33(2)3/h6-9,12,22,32,34H,4-5,10-11H2,1-3H3,(H,29,31)/t22-/m0/s1. The number of rotatable bonds is 7. The Kier molecular flexibility index (Phi) is 6.70. The van der Waals surface area contributed by atoms with Gasteiger partial charge in [0.2, 0.25) is 0 Å². The van der Waals surface area contributed by atoms with E-state index in [-0.39, 0.29) is 28.5 Å². The average molecular weight is 518 g/mol. The smallest absolute Gasteiger partial charge is 0.433 e. The molecule has 12 heteroatoms. The van der Waals surface area contributed by atoms with Crippen molar-refractivity contribution in [2.75, 3.05) is 24.7 Å². The predicted molar refractivity (Wildman–Crippen MR) is 131 cm³/mol. The molecule has 37 heavy (non-hydrogen) atoms. The molecule has 0 spiro atoms. The van der Waals surface area contributed by atoms with Crippen LogP contribution in [0.1, 0.15) is 60.5 Å². The van der Waals surface area contributed by atoms with E-state index >= 15 is 0 Å². The lowest BCUT2D eigenvalue weighted by Crippen LogP contribution is -2.40. The van der Waals surface area contributed by atoms with Gasteiger partial charge in [0, 0.05) is 20.3 Å². The quantitative estimate of drug-likeness (QED) is 0.402. The number of nitrogens with one attached hydrogen (secondary N) is 2. The third kappa shape index (κ3) is 4.87. The summed E-state index contributed by atoms with van der Waals surface area (Å²) in [5, 5.41) is 16.3. The number of anilines is 3. The van der Waals surface area contributed by atoms with Gasteiger partial charge in [0.05, 0.1) is 17.4 Å². The Morgan fingerprint density at radius 2 is 1.76 bits per heavy atom. The fraction of sp³-hybridized carbons (Fsp3) is 0.400. The minimum atomic E-state index is -4.65. The number of hydrogen-bond donors (Lipinski definition) is 3. The fourth-order valence-corrected chi connectivity index (χ4v) is 4.70. The molecule has 3 aromatic rings. The minimum Gasteiger partial charge on any atom is -0.504 e. The van der Waals surface area contributed by atoms with Gasteiger partial charge in [-0.05, 0) is 36.5 Å². The third-order valence-electron chi connectivity index (χ3n) is 6.79. The van der Waals surface area contributed by atoms with Crippen molar-refractivity contribution in [2.45, 2.75) is 44.8 Å². The minimum absolute atomic E-state index is 0.0313. The molecule has 2 aromatic heterocycles. The van der Waals surface area contributed by atoms with Crippen LogP contribution in [0.3, 0.4) is 0 Å². The van der Waals surface area contributed by atoms with Crippen LogP contribution in [-0.4, -0.2) is 40.0 Å². The van der Waals surface area contributed by atoms with Crippen LogP contribution in [0.15, 0.2) is 40.1 Å². The van der Waals surface area contributed by atoms with E-state index in [9.17, 15) is 32.7 Å². The number of aromatic nitrogens is 2. The molecular formula is C25H26F3N5O4. The molecule has 3 N–H and O–H groups in total. The highest BCUT2D eigenvalue weighted by atomic mass is 19.4. The summed E-state index contributed by atoms with van der Waals surface area (Å²) in [6.07, 6.45) is -0.307. The maximum absolute atomic E-state index is 13.4. The van der Waals surface area contributed by atoms with Gasteiger partial charge in [-0.25, -0.2) is 9.97 Å². The average Bonchev–Trinajstić information content (AvgIpc) is 3.30. The number of carbonyl (C=O) groups is 1. The highest BCUT2D eigenvalue weighted by Crippen LogP contribution is 2.49. The molecule has 0 radical (unpaired) electrons. The number of aromatic hydroxyl groups is 1. The van der Waals surface area contributed by atoms with Crippen molar-refractivity contribution in [2.24, 2.45) is 5.41 Å². The summed E-state index contributed by atoms with van der Waals surface area (Å²) in [5.74, 6) is -1.09. The normalized spacial score (nSPS) is 15.9. The molecule has 0 saturated heterocycles. The highest BCUT2D eigenvalue weighted by Gasteiger charge is 2.42. The zero-order valence-corrected chi connectivity index (χ0v) is 20.4. The summed E-state index contributed by atoms with van der Waals surface area (Å²) in [5.41, 5.74) is -3.79. The second-order valence-corrected chi connectivity index (χ2v) is 9.67. The Morgan fingerprint density at radius 1 is 1.11 bits per heavy atom. The molecule has 1 saturated carbocycles. The van der Waals surface area contributed by atoms with Crippen molar-refractivity contribution in [3.8, 4) is 5.75 Å². The first-order chi connectivity index (χ1) is 17.3. The first-order valence-corrected chi connectivity index (χ1v) is 11.6. The van der Waals surface area contributed by atoms with Crippen molar-refractivity contribution in [3.05, 3.63) is 68.0 Å². The maximum Gasteiger partial charge on any atom is 0.433 e. The largest absolute Gasteiger partial charge is 0.504 e. The Labute approximate surface area is 210 Å². The molecule has 9 nitrogen and oxygen atoms in total. The van der Waals surface area contributed by atoms with Gasteiger partial charge in [0.25, 0.3) is 16.8 Å². The van der Waals surface area contributed by atoms with Gasteiger partial charge in [0.1, 0.15) is 17.1 Å². The van der Waals surface area contributed by atoms with Crippen molar-refractivity contribution < 1.29 is 23.1 Å². The lowest BCUT2D eigenvalue weighted by atomic mass is 9.78. The molecule has 1 aromatic carbocycles. The zero-order chi connectivity index (χ0) is 27.1. The van der Waals surface area contributed by atoms with Crippen LogP contribution in [0.4, 0.5) is 30.2 Å². The number of pyridine rings is 2. The van der Waals surface area contributed by atoms with Gasteiger partial charge < -0.3 is 20.6 Å². The summed E-state index contributed by atoms with van der Waals surface area (Å²) in [6.45, 7) is 1.91. The lowest BCUT2D eigenvalue weighted by Gasteiger charge is -2.36. The molecule has 196 valence electrons. The molecule has 1 atom stereocenters. The van der Waals surface area contributed by atoms with E-state index in [2.05, 4.69) is 20.6 Å². The second kappa shape index (κ2) is 9.49. The van der Waals surface area contributed by atoms with Crippen LogP contribution < -0.4 is 21.5 Å². The maximum atomic E-state index is 13.4. The van der Waals surface area contributed by atoms with Crippen molar-refractivity contribution in [3.63, 3.8) is 0 Å². The van der Waals surface area contributed by atoms with Crippen LogP contribution in [0.2, 0.25) is 0 Å². The van der Waals surface area contributed by atoms with E-state index in [0.29, 0.717) is 12.8 Å². The molecule has 0 aliphatic heterocycles. The van der Waals surface area contributed by atoms with E-state index < -0.39 is 45.8 Å². The number of alkyl halides is 3. The number of amides is 1. The van der Waals surface area contributed by atoms with E-state index in [4.69, 9.17) is 0 Å². The van der Waals surface area contributed by atoms with E-state index in [1.807, 2.05) is 6.92 Å². The molecule has 0 unspecified atom stereocenters. The molecular weight excluding hydrogens is 491 g/mol. The van der Waals surface area contributed by atoms with Gasteiger partial charge in [0.15, 0.2) is 11.4 Å². The molecule has 4 rings (SSSR count). The monoisotopic (exact) mass is 517 g/mol. The van der Waals surface area contributed by atoms with Crippen LogP contribution in [0.25, 0.3) is 0 Å². The topological polar surface area (TPSA) is 125 Å². The van der Waals surface area contributed by atoms with Crippen LogP contribution in [-0.2, 0) is 6.18 Å². The number of halogens is 3. The van der Waals surface area contributed by atoms with Gasteiger partial charge in [-0.2, -0.15) is 13.2 Å². The third-order valence-corrected chi connectivity index (χ3v) is 6.79. The Bertz CT molecular complexity index is 1410. The van der Waals surface area contributed by atoms with Gasteiger partial charge in [-0.1, -0.05) is 25.8 Å². The summed E-state index contributed by atoms with van der Waals surface area (Å²) in [4.78, 5) is 46.3. The summed E-state index contributed by atoms with van der Waals surface area (Å²) >= 11 is 0. The molecule has 0 bridgehead atoms. The first-order valence-electron chi connectivity index (χ1n) is 11.6. The summed E-state index contributed by atoms with van der Waals surface area (Å²) in [7, 11) is 2.96. The Hall–Kier alpha value is -3.96. The second-order valence-electron chi connectivity index (χ2n) is 9.67. The summed E-state index contributed by atoms with van der Waals surface area (Å²) < 4.78 is 40.1.